The number of rotatable bonds is 11. The number of aromatic nitrogens is 1. The molecule has 0 radical (unpaired) electrons. The van der Waals surface area contributed by atoms with E-state index in [0.29, 0.717) is 47.1 Å². The van der Waals surface area contributed by atoms with Crippen LogP contribution in [0.2, 0.25) is 0 Å². The monoisotopic (exact) mass is 566 g/mol. The van der Waals surface area contributed by atoms with Crippen molar-refractivity contribution in [2.24, 2.45) is 4.99 Å². The summed E-state index contributed by atoms with van der Waals surface area (Å²) in [5.74, 6) is -0.0963. The molecule has 2 amide bonds. The summed E-state index contributed by atoms with van der Waals surface area (Å²) in [4.78, 5) is 31.1. The molecule has 39 heavy (non-hydrogen) atoms. The molecule has 3 rings (SSSR count). The van der Waals surface area contributed by atoms with Crippen LogP contribution in [0.25, 0.3) is 11.3 Å². The van der Waals surface area contributed by atoms with E-state index in [1.54, 1.807) is 37.7 Å². The molecule has 0 unspecified atom stereocenters. The lowest BCUT2D eigenvalue weighted by molar-refractivity contribution is -0.274. The molecule has 0 fully saturated rings. The molecule has 1 heterocycles. The van der Waals surface area contributed by atoms with Crippen LogP contribution in [0.5, 0.6) is 17.2 Å². The first-order valence-electron chi connectivity index (χ1n) is 11.8. The van der Waals surface area contributed by atoms with Crippen molar-refractivity contribution in [3.63, 3.8) is 0 Å². The van der Waals surface area contributed by atoms with Crippen LogP contribution < -0.4 is 24.3 Å². The van der Waals surface area contributed by atoms with Gasteiger partial charge in [-0.1, -0.05) is 0 Å². The third-order valence-electron chi connectivity index (χ3n) is 5.53. The highest BCUT2D eigenvalue weighted by Crippen LogP contribution is 2.28. The molecule has 9 nitrogen and oxygen atoms in total. The number of hydrogen-bond donors (Lipinski definition) is 1. The van der Waals surface area contributed by atoms with Crippen molar-refractivity contribution < 1.29 is 37.0 Å². The number of carbonyl (C=O) groups is 2. The van der Waals surface area contributed by atoms with Crippen molar-refractivity contribution in [1.29, 1.82) is 0 Å². The van der Waals surface area contributed by atoms with Gasteiger partial charge in [0.05, 0.1) is 32.0 Å². The van der Waals surface area contributed by atoms with Crippen molar-refractivity contribution >= 4 is 23.2 Å². The number of hydrogen-bond acceptors (Lipinski definition) is 7. The van der Waals surface area contributed by atoms with E-state index >= 15 is 0 Å². The number of nitrogens with zero attached hydrogens (tertiary/aromatic N) is 3. The number of alkyl halides is 3. The Hall–Kier alpha value is -3.84. The molecule has 1 N–H and O–H groups in total. The maximum atomic E-state index is 13.1. The van der Waals surface area contributed by atoms with E-state index in [4.69, 9.17) is 9.47 Å². The first kappa shape index (κ1) is 29.7. The van der Waals surface area contributed by atoms with E-state index in [2.05, 4.69) is 15.0 Å². The highest BCUT2D eigenvalue weighted by molar-refractivity contribution is 7.07. The molecule has 0 spiro atoms. The Bertz CT molecular complexity index is 1350. The molecular weight excluding hydrogens is 537 g/mol. The average Bonchev–Trinajstić information content (AvgIpc) is 3.29. The van der Waals surface area contributed by atoms with Crippen LogP contribution in [0.4, 0.5) is 13.2 Å². The van der Waals surface area contributed by atoms with Crippen molar-refractivity contribution in [1.82, 2.24) is 14.8 Å². The van der Waals surface area contributed by atoms with Gasteiger partial charge in [-0.3, -0.25) is 9.59 Å². The smallest absolute Gasteiger partial charge is 0.497 e. The SMILES string of the molecule is COc1ccc(C(=O)N=c2scc(-c3ccc(OC(F)(F)F)cc3)n2CCCNCC(=O)N(C)C)c(OC)c1. The summed E-state index contributed by atoms with van der Waals surface area (Å²) in [6.07, 6.45) is -4.20. The molecule has 210 valence electrons. The van der Waals surface area contributed by atoms with Crippen LogP contribution in [0.1, 0.15) is 16.8 Å². The molecule has 0 saturated heterocycles. The van der Waals surface area contributed by atoms with Gasteiger partial charge in [0.2, 0.25) is 5.91 Å². The van der Waals surface area contributed by atoms with Crippen molar-refractivity contribution in [2.45, 2.75) is 19.3 Å². The molecule has 2 aromatic carbocycles. The van der Waals surface area contributed by atoms with Gasteiger partial charge in [0.15, 0.2) is 4.80 Å². The number of likely N-dealkylation sites (N-methyl/N-ethyl adjacent to an activating group) is 1. The second-order valence-electron chi connectivity index (χ2n) is 8.43. The number of methoxy groups -OCH3 is 2. The number of halogens is 3. The number of nitrogens with one attached hydrogen (secondary N) is 1. The highest BCUT2D eigenvalue weighted by atomic mass is 32.1. The van der Waals surface area contributed by atoms with Crippen LogP contribution in [0.3, 0.4) is 0 Å². The Morgan fingerprint density at radius 1 is 1.05 bits per heavy atom. The van der Waals surface area contributed by atoms with Crippen molar-refractivity contribution in [3.05, 3.63) is 58.2 Å². The zero-order chi connectivity index (χ0) is 28.6. The van der Waals surface area contributed by atoms with Crippen LogP contribution in [0, 0.1) is 0 Å². The minimum atomic E-state index is -4.79. The van der Waals surface area contributed by atoms with Crippen LogP contribution in [-0.4, -0.2) is 69.0 Å². The summed E-state index contributed by atoms with van der Waals surface area (Å²) in [5.41, 5.74) is 1.53. The quantitative estimate of drug-likeness (QED) is 0.354. The lowest BCUT2D eigenvalue weighted by atomic mass is 10.1. The molecule has 13 heteroatoms. The summed E-state index contributed by atoms with van der Waals surface area (Å²) >= 11 is 1.22. The minimum absolute atomic E-state index is 0.0604. The minimum Gasteiger partial charge on any atom is -0.497 e. The standard InChI is InChI=1S/C26H29F3N4O5S/c1-32(2)23(34)15-30-12-5-13-33-21(17-6-8-18(9-7-17)38-26(27,28)29)16-39-25(33)31-24(35)20-11-10-19(36-3)14-22(20)37-4/h6-11,14,16,30H,5,12-13,15H2,1-4H3. The average molecular weight is 567 g/mol. The lowest BCUT2D eigenvalue weighted by Crippen LogP contribution is -2.33. The summed E-state index contributed by atoms with van der Waals surface area (Å²) < 4.78 is 54.0. The van der Waals surface area contributed by atoms with Crippen LogP contribution >= 0.6 is 11.3 Å². The van der Waals surface area contributed by atoms with E-state index in [0.717, 1.165) is 0 Å². The number of carbonyl (C=O) groups excluding carboxylic acids is 2. The molecule has 0 aliphatic carbocycles. The Balaban J connectivity index is 1.91. The van der Waals surface area contributed by atoms with Gasteiger partial charge < -0.3 is 29.0 Å². The predicted octanol–water partition coefficient (Wildman–Crippen LogP) is 3.94. The van der Waals surface area contributed by atoms with Gasteiger partial charge in [0.1, 0.15) is 17.2 Å². The third kappa shape index (κ3) is 8.32. The largest absolute Gasteiger partial charge is 0.573 e. The van der Waals surface area contributed by atoms with Crippen molar-refractivity contribution in [3.8, 4) is 28.5 Å². The van der Waals surface area contributed by atoms with Crippen LogP contribution in [0.15, 0.2) is 52.8 Å². The van der Waals surface area contributed by atoms with E-state index in [1.807, 2.05) is 4.57 Å². The number of ether oxygens (including phenoxy) is 3. The zero-order valence-electron chi connectivity index (χ0n) is 21.9. The Morgan fingerprint density at radius 3 is 2.36 bits per heavy atom. The van der Waals surface area contributed by atoms with Gasteiger partial charge in [0.25, 0.3) is 5.91 Å². The van der Waals surface area contributed by atoms with E-state index in [9.17, 15) is 22.8 Å². The van der Waals surface area contributed by atoms with Gasteiger partial charge >= 0.3 is 6.36 Å². The third-order valence-corrected chi connectivity index (χ3v) is 6.39. The summed E-state index contributed by atoms with van der Waals surface area (Å²) in [7, 11) is 6.29. The first-order chi connectivity index (χ1) is 18.5. The predicted molar refractivity (Wildman–Crippen MR) is 140 cm³/mol. The lowest BCUT2D eigenvalue weighted by Gasteiger charge is -2.13. The first-order valence-corrected chi connectivity index (χ1v) is 12.7. The fourth-order valence-electron chi connectivity index (χ4n) is 3.53. The molecular formula is C26H29F3N4O5S. The van der Waals surface area contributed by atoms with E-state index < -0.39 is 12.3 Å². The normalized spacial score (nSPS) is 11.8. The molecule has 0 atom stereocenters. The second-order valence-corrected chi connectivity index (χ2v) is 9.27. The fourth-order valence-corrected chi connectivity index (χ4v) is 4.46. The molecule has 0 aliphatic heterocycles. The summed E-state index contributed by atoms with van der Waals surface area (Å²) in [6.45, 7) is 1.12. The number of benzene rings is 2. The van der Waals surface area contributed by atoms with Gasteiger partial charge in [-0.2, -0.15) is 4.99 Å². The second kappa shape index (κ2) is 13.3. The maximum absolute atomic E-state index is 13.1. The fraction of sp³-hybridized carbons (Fsp3) is 0.346. The van der Waals surface area contributed by atoms with Gasteiger partial charge in [-0.25, -0.2) is 0 Å². The van der Waals surface area contributed by atoms with Gasteiger partial charge in [-0.15, -0.1) is 24.5 Å². The molecule has 0 saturated carbocycles. The number of amides is 2. The van der Waals surface area contributed by atoms with Gasteiger partial charge in [-0.05, 0) is 54.9 Å². The van der Waals surface area contributed by atoms with Gasteiger partial charge in [0, 0.05) is 32.1 Å². The highest BCUT2D eigenvalue weighted by Gasteiger charge is 2.31. The Kier molecular flexibility index (Phi) is 10.1. The summed E-state index contributed by atoms with van der Waals surface area (Å²) in [5, 5.41) is 4.86. The Morgan fingerprint density at radius 2 is 1.74 bits per heavy atom. The van der Waals surface area contributed by atoms with E-state index in [1.165, 1.54) is 54.7 Å². The Labute approximate surface area is 227 Å². The number of thiazole rings is 1. The molecule has 0 bridgehead atoms. The topological polar surface area (TPSA) is 94.4 Å². The molecule has 0 aliphatic rings. The zero-order valence-corrected chi connectivity index (χ0v) is 22.7. The van der Waals surface area contributed by atoms with Crippen molar-refractivity contribution in [2.75, 3.05) is 41.4 Å². The van der Waals surface area contributed by atoms with E-state index in [-0.39, 0.29) is 23.8 Å². The molecule has 3 aromatic rings. The maximum Gasteiger partial charge on any atom is 0.573 e. The van der Waals surface area contributed by atoms with Crippen LogP contribution in [-0.2, 0) is 11.3 Å². The summed E-state index contributed by atoms with van der Waals surface area (Å²) in [6, 6.07) is 10.2. The molecule has 1 aromatic heterocycles.